The predicted molar refractivity (Wildman–Crippen MR) is 45.1 cm³/mol. The molecule has 0 spiro atoms. The fourth-order valence-electron chi connectivity index (χ4n) is 1.07. The van der Waals surface area contributed by atoms with Crippen LogP contribution in [0.1, 0.15) is 5.56 Å². The zero-order valence-corrected chi connectivity index (χ0v) is 12.0. The van der Waals surface area contributed by atoms with Crippen molar-refractivity contribution in [3.63, 3.8) is 0 Å². The molecule has 0 saturated heterocycles. The maximum Gasteiger partial charge on any atom is 1.00 e. The number of hydrogen-bond acceptors (Lipinski definition) is 0. The van der Waals surface area contributed by atoms with E-state index in [1.165, 1.54) is 0 Å². The summed E-state index contributed by atoms with van der Waals surface area (Å²) in [5.41, 5.74) is -2.75. The number of rotatable bonds is 2. The van der Waals surface area contributed by atoms with Crippen LogP contribution in [0.15, 0.2) is 24.3 Å². The van der Waals surface area contributed by atoms with E-state index in [-0.39, 0.29) is 75.7 Å². The van der Waals surface area contributed by atoms with Crippen LogP contribution in [0.5, 0.6) is 0 Å². The van der Waals surface area contributed by atoms with Gasteiger partial charge >= 0.3 is 70.5 Å². The van der Waals surface area contributed by atoms with Crippen LogP contribution in [0.25, 0.3) is 0 Å². The molecule has 10 heteroatoms. The standard InChI is InChI=1S/C8H4BF8.K/c10-7(11,8(12,13)14)5-1-3-6(4-2-5)9(15,16)17;/h1-4H;/q-1;+1. The third kappa shape index (κ3) is 3.93. The molecule has 0 heterocycles. The maximum absolute atomic E-state index is 12.7. The molecule has 0 nitrogen and oxygen atoms in total. The minimum Gasteiger partial charge on any atom is -0.445 e. The van der Waals surface area contributed by atoms with E-state index >= 15 is 0 Å². The fourth-order valence-corrected chi connectivity index (χ4v) is 1.07. The number of halogens is 8. The van der Waals surface area contributed by atoms with Gasteiger partial charge in [-0.15, -0.1) is 5.46 Å². The molecule has 0 bridgehead atoms. The first-order valence-electron chi connectivity index (χ1n) is 4.21. The van der Waals surface area contributed by atoms with Gasteiger partial charge in [0.15, 0.2) is 0 Å². The van der Waals surface area contributed by atoms with Gasteiger partial charge in [-0.2, -0.15) is 22.0 Å². The van der Waals surface area contributed by atoms with Gasteiger partial charge in [0.25, 0.3) is 0 Å². The van der Waals surface area contributed by atoms with Crippen LogP contribution in [-0.2, 0) is 5.92 Å². The minimum absolute atomic E-state index is 0. The Morgan fingerprint density at radius 3 is 1.44 bits per heavy atom. The molecule has 0 saturated carbocycles. The summed E-state index contributed by atoms with van der Waals surface area (Å²) < 4.78 is 97.3. The summed E-state index contributed by atoms with van der Waals surface area (Å²) in [6.45, 7) is -5.42. The Bertz CT molecular complexity index is 393. The molecule has 0 atom stereocenters. The van der Waals surface area contributed by atoms with Crippen molar-refractivity contribution in [2.75, 3.05) is 0 Å². The molecular formula is C8H4BF8K. The van der Waals surface area contributed by atoms with Gasteiger partial charge in [-0.3, -0.25) is 0 Å². The van der Waals surface area contributed by atoms with E-state index in [2.05, 4.69) is 0 Å². The molecular weight excluding hydrogens is 298 g/mol. The van der Waals surface area contributed by atoms with Crippen LogP contribution in [0, 0.1) is 0 Å². The summed E-state index contributed by atoms with van der Waals surface area (Å²) in [6.07, 6.45) is -5.84. The van der Waals surface area contributed by atoms with Crippen molar-refractivity contribution in [3.05, 3.63) is 29.8 Å². The maximum atomic E-state index is 12.7. The zero-order chi connectivity index (χ0) is 13.5. The molecule has 0 aromatic heterocycles. The molecule has 96 valence electrons. The first-order valence-corrected chi connectivity index (χ1v) is 4.21. The molecule has 0 fully saturated rings. The normalized spacial score (nSPS) is 13.1. The molecule has 0 unspecified atom stereocenters. The van der Waals surface area contributed by atoms with Gasteiger partial charge in [0.2, 0.25) is 0 Å². The van der Waals surface area contributed by atoms with Crippen molar-refractivity contribution in [3.8, 4) is 0 Å². The van der Waals surface area contributed by atoms with Gasteiger partial charge in [-0.1, -0.05) is 24.3 Å². The number of benzene rings is 1. The second kappa shape index (κ2) is 5.78. The van der Waals surface area contributed by atoms with Gasteiger partial charge in [0, 0.05) is 5.56 Å². The predicted octanol–water partition coefficient (Wildman–Crippen LogP) is 0.399. The summed E-state index contributed by atoms with van der Waals surface area (Å²) >= 11 is 0. The van der Waals surface area contributed by atoms with Crippen molar-refractivity contribution in [2.45, 2.75) is 12.1 Å². The minimum atomic E-state index is -5.84. The summed E-state index contributed by atoms with van der Waals surface area (Å²) in [6, 6.07) is 0.653. The van der Waals surface area contributed by atoms with Crippen LogP contribution >= 0.6 is 0 Å². The summed E-state index contributed by atoms with van der Waals surface area (Å²) in [7, 11) is 0. The van der Waals surface area contributed by atoms with Crippen LogP contribution in [0.3, 0.4) is 0 Å². The molecule has 0 amide bonds. The average molecular weight is 302 g/mol. The molecule has 0 aliphatic heterocycles. The largest absolute Gasteiger partial charge is 1.00 e. The Balaban J connectivity index is 0.00000289. The Morgan fingerprint density at radius 1 is 0.778 bits per heavy atom. The van der Waals surface area contributed by atoms with Gasteiger partial charge in [0.1, 0.15) is 0 Å². The molecule has 0 N–H and O–H groups in total. The first kappa shape index (κ1) is 18.4. The first-order chi connectivity index (χ1) is 7.46. The second-order valence-corrected chi connectivity index (χ2v) is 3.27. The summed E-state index contributed by atoms with van der Waals surface area (Å²) in [4.78, 5) is 0. The van der Waals surface area contributed by atoms with E-state index in [4.69, 9.17) is 0 Å². The third-order valence-corrected chi connectivity index (χ3v) is 2.01. The Kier molecular flexibility index (Phi) is 5.89. The Labute approximate surface area is 139 Å². The van der Waals surface area contributed by atoms with Crippen LogP contribution in [0.2, 0.25) is 0 Å². The van der Waals surface area contributed by atoms with E-state index in [1.54, 1.807) is 0 Å². The third-order valence-electron chi connectivity index (χ3n) is 2.01. The summed E-state index contributed by atoms with van der Waals surface area (Å²) in [5.74, 6) is -5.16. The molecule has 0 radical (unpaired) electrons. The smallest absolute Gasteiger partial charge is 0.445 e. The van der Waals surface area contributed by atoms with Crippen molar-refractivity contribution in [2.24, 2.45) is 0 Å². The van der Waals surface area contributed by atoms with E-state index in [0.29, 0.717) is 0 Å². The Morgan fingerprint density at radius 2 is 1.17 bits per heavy atom. The van der Waals surface area contributed by atoms with Crippen molar-refractivity contribution >= 4 is 12.4 Å². The van der Waals surface area contributed by atoms with Crippen molar-refractivity contribution in [1.29, 1.82) is 0 Å². The second-order valence-electron chi connectivity index (χ2n) is 3.27. The topological polar surface area (TPSA) is 0 Å². The summed E-state index contributed by atoms with van der Waals surface area (Å²) in [5, 5.41) is 0. The number of alkyl halides is 5. The average Bonchev–Trinajstić information content (AvgIpc) is 2.15. The van der Waals surface area contributed by atoms with Gasteiger partial charge in [-0.05, 0) is 0 Å². The van der Waals surface area contributed by atoms with E-state index in [0.717, 1.165) is 0 Å². The monoisotopic (exact) mass is 302 g/mol. The molecule has 18 heavy (non-hydrogen) atoms. The molecule has 1 aromatic carbocycles. The molecule has 1 rings (SSSR count). The zero-order valence-electron chi connectivity index (χ0n) is 8.91. The van der Waals surface area contributed by atoms with Crippen molar-refractivity contribution in [1.82, 2.24) is 0 Å². The molecule has 0 aliphatic rings. The SMILES string of the molecule is F[B-](F)(F)c1ccc(C(F)(F)C(F)(F)F)cc1.[K+]. The van der Waals surface area contributed by atoms with Crippen LogP contribution in [-0.4, -0.2) is 13.2 Å². The van der Waals surface area contributed by atoms with Gasteiger partial charge < -0.3 is 12.9 Å². The number of hydrogen-bond donors (Lipinski definition) is 0. The Hall–Kier alpha value is 0.361. The van der Waals surface area contributed by atoms with E-state index in [1.807, 2.05) is 0 Å². The molecule has 1 aromatic rings. The fraction of sp³-hybridized carbons (Fsp3) is 0.250. The van der Waals surface area contributed by atoms with Crippen molar-refractivity contribution < 1.29 is 86.3 Å². The molecule has 0 aliphatic carbocycles. The van der Waals surface area contributed by atoms with E-state index < -0.39 is 30.1 Å². The van der Waals surface area contributed by atoms with Gasteiger partial charge in [0.05, 0.1) is 0 Å². The van der Waals surface area contributed by atoms with Crippen LogP contribution < -0.4 is 56.8 Å². The quantitative estimate of drug-likeness (QED) is 0.548. The van der Waals surface area contributed by atoms with Gasteiger partial charge in [-0.25, -0.2) is 0 Å². The van der Waals surface area contributed by atoms with Crippen LogP contribution in [0.4, 0.5) is 34.9 Å². The van der Waals surface area contributed by atoms with E-state index in [9.17, 15) is 34.9 Å².